The molecular weight excluding hydrogens is 306 g/mol. The zero-order valence-electron chi connectivity index (χ0n) is 13.5. The Morgan fingerprint density at radius 3 is 2.79 bits per heavy atom. The molecule has 1 saturated heterocycles. The van der Waals surface area contributed by atoms with E-state index in [9.17, 15) is 14.4 Å². The predicted octanol–water partition coefficient (Wildman–Crippen LogP) is 2.27. The molecule has 0 unspecified atom stereocenters. The van der Waals surface area contributed by atoms with Gasteiger partial charge >= 0.3 is 0 Å². The lowest BCUT2D eigenvalue weighted by Gasteiger charge is -2.16. The maximum absolute atomic E-state index is 12.1. The van der Waals surface area contributed by atoms with E-state index in [0.717, 1.165) is 24.2 Å². The number of ketones is 1. The van der Waals surface area contributed by atoms with Crippen molar-refractivity contribution in [3.8, 4) is 0 Å². The molecule has 1 aromatic heterocycles. The number of Topliss-reactive ketones (excluding diaryl/α,β-unsaturated/α-hetero) is 1. The first-order chi connectivity index (χ1) is 11.5. The van der Waals surface area contributed by atoms with Gasteiger partial charge < -0.3 is 15.2 Å². The van der Waals surface area contributed by atoms with Crippen LogP contribution in [-0.2, 0) is 11.3 Å². The van der Waals surface area contributed by atoms with E-state index >= 15 is 0 Å². The quantitative estimate of drug-likeness (QED) is 0.827. The van der Waals surface area contributed by atoms with Gasteiger partial charge in [0.2, 0.25) is 5.91 Å². The van der Waals surface area contributed by atoms with E-state index in [1.54, 1.807) is 4.90 Å². The number of nitrogens with one attached hydrogen (secondary N) is 2. The molecule has 3 rings (SSSR count). The summed E-state index contributed by atoms with van der Waals surface area (Å²) in [5.74, 6) is -0.224. The topological polar surface area (TPSA) is 82.3 Å². The standard InChI is InChI=1S/C18H19N3O3/c1-12(22)14-9-16(19-11-14)18(24)20-10-13-4-2-5-15(8-13)21-7-3-6-17(21)23/h2,4-5,8-9,11,19H,3,6-7,10H2,1H3,(H,20,24). The van der Waals surface area contributed by atoms with Crippen LogP contribution in [0.3, 0.4) is 0 Å². The highest BCUT2D eigenvalue weighted by Gasteiger charge is 2.21. The number of amides is 2. The summed E-state index contributed by atoms with van der Waals surface area (Å²) in [6.07, 6.45) is 2.99. The SMILES string of the molecule is CC(=O)c1c[nH]c(C(=O)NCc2cccc(N3CCCC3=O)c2)c1. The van der Waals surface area contributed by atoms with Crippen molar-refractivity contribution in [3.63, 3.8) is 0 Å². The zero-order chi connectivity index (χ0) is 17.1. The summed E-state index contributed by atoms with van der Waals surface area (Å²) in [6.45, 7) is 2.55. The molecule has 2 heterocycles. The Morgan fingerprint density at radius 1 is 1.29 bits per heavy atom. The lowest BCUT2D eigenvalue weighted by Crippen LogP contribution is -2.25. The van der Waals surface area contributed by atoms with Gasteiger partial charge in [-0.05, 0) is 37.1 Å². The number of benzene rings is 1. The first kappa shape index (κ1) is 16.0. The van der Waals surface area contributed by atoms with E-state index in [1.807, 2.05) is 24.3 Å². The fraction of sp³-hybridized carbons (Fsp3) is 0.278. The lowest BCUT2D eigenvalue weighted by atomic mass is 10.2. The Hall–Kier alpha value is -2.89. The molecule has 124 valence electrons. The number of nitrogens with zero attached hydrogens (tertiary/aromatic N) is 1. The normalized spacial score (nSPS) is 14.0. The Bertz CT molecular complexity index is 794. The van der Waals surface area contributed by atoms with Crippen LogP contribution >= 0.6 is 0 Å². The molecule has 1 aliphatic heterocycles. The van der Waals surface area contributed by atoms with Gasteiger partial charge in [-0.1, -0.05) is 12.1 Å². The van der Waals surface area contributed by atoms with Crippen LogP contribution in [-0.4, -0.2) is 29.1 Å². The monoisotopic (exact) mass is 325 g/mol. The Labute approximate surface area is 139 Å². The number of aromatic amines is 1. The molecule has 6 heteroatoms. The van der Waals surface area contributed by atoms with E-state index in [-0.39, 0.29) is 17.6 Å². The van der Waals surface area contributed by atoms with Crippen LogP contribution in [0.1, 0.15) is 46.2 Å². The third kappa shape index (κ3) is 3.37. The largest absolute Gasteiger partial charge is 0.356 e. The molecule has 0 spiro atoms. The first-order valence-electron chi connectivity index (χ1n) is 7.91. The van der Waals surface area contributed by atoms with Gasteiger partial charge in [-0.2, -0.15) is 0 Å². The summed E-state index contributed by atoms with van der Waals surface area (Å²) < 4.78 is 0. The maximum Gasteiger partial charge on any atom is 0.267 e. The second-order valence-electron chi connectivity index (χ2n) is 5.86. The highest BCUT2D eigenvalue weighted by molar-refractivity contribution is 5.99. The van der Waals surface area contributed by atoms with Crippen molar-refractivity contribution in [2.75, 3.05) is 11.4 Å². The van der Waals surface area contributed by atoms with Crippen LogP contribution in [0, 0.1) is 0 Å². The predicted molar refractivity (Wildman–Crippen MR) is 90.0 cm³/mol. The molecular formula is C18H19N3O3. The van der Waals surface area contributed by atoms with Crippen molar-refractivity contribution >= 4 is 23.3 Å². The summed E-state index contributed by atoms with van der Waals surface area (Å²) in [4.78, 5) is 39.8. The van der Waals surface area contributed by atoms with Gasteiger partial charge in [-0.3, -0.25) is 14.4 Å². The molecule has 1 fully saturated rings. The number of H-pyrrole nitrogens is 1. The fourth-order valence-corrected chi connectivity index (χ4v) is 2.76. The molecule has 24 heavy (non-hydrogen) atoms. The number of carbonyl (C=O) groups is 3. The molecule has 2 aromatic rings. The second-order valence-corrected chi connectivity index (χ2v) is 5.86. The Morgan fingerprint density at radius 2 is 2.12 bits per heavy atom. The lowest BCUT2D eigenvalue weighted by molar-refractivity contribution is -0.117. The molecule has 0 bridgehead atoms. The third-order valence-corrected chi connectivity index (χ3v) is 4.08. The van der Waals surface area contributed by atoms with Crippen LogP contribution in [0.5, 0.6) is 0 Å². The number of aromatic nitrogens is 1. The second kappa shape index (κ2) is 6.70. The summed E-state index contributed by atoms with van der Waals surface area (Å²) in [5, 5.41) is 2.81. The van der Waals surface area contributed by atoms with Crippen molar-refractivity contribution in [2.45, 2.75) is 26.3 Å². The molecule has 1 aliphatic rings. The van der Waals surface area contributed by atoms with Crippen LogP contribution in [0.4, 0.5) is 5.69 Å². The van der Waals surface area contributed by atoms with Gasteiger partial charge in [0.1, 0.15) is 5.69 Å². The number of rotatable bonds is 5. The minimum atomic E-state index is -0.273. The minimum Gasteiger partial charge on any atom is -0.356 e. The Balaban J connectivity index is 1.64. The molecule has 2 amide bonds. The van der Waals surface area contributed by atoms with Crippen molar-refractivity contribution in [1.82, 2.24) is 10.3 Å². The Kier molecular flexibility index (Phi) is 4.46. The number of hydrogen-bond acceptors (Lipinski definition) is 3. The van der Waals surface area contributed by atoms with Crippen LogP contribution in [0.2, 0.25) is 0 Å². The zero-order valence-corrected chi connectivity index (χ0v) is 13.5. The average Bonchev–Trinajstić information content (AvgIpc) is 3.22. The van der Waals surface area contributed by atoms with E-state index in [0.29, 0.717) is 24.2 Å². The van der Waals surface area contributed by atoms with Gasteiger partial charge in [-0.15, -0.1) is 0 Å². The molecule has 6 nitrogen and oxygen atoms in total. The smallest absolute Gasteiger partial charge is 0.267 e. The molecule has 0 atom stereocenters. The molecule has 2 N–H and O–H groups in total. The van der Waals surface area contributed by atoms with Crippen LogP contribution in [0.25, 0.3) is 0 Å². The third-order valence-electron chi connectivity index (χ3n) is 4.08. The van der Waals surface area contributed by atoms with E-state index in [1.165, 1.54) is 19.2 Å². The van der Waals surface area contributed by atoms with Crippen LogP contribution in [0.15, 0.2) is 36.5 Å². The molecule has 0 radical (unpaired) electrons. The maximum atomic E-state index is 12.1. The van der Waals surface area contributed by atoms with E-state index in [4.69, 9.17) is 0 Å². The van der Waals surface area contributed by atoms with Gasteiger partial charge in [0, 0.05) is 37.0 Å². The molecule has 1 aromatic carbocycles. The highest BCUT2D eigenvalue weighted by Crippen LogP contribution is 2.22. The van der Waals surface area contributed by atoms with E-state index in [2.05, 4.69) is 10.3 Å². The first-order valence-corrected chi connectivity index (χ1v) is 7.91. The van der Waals surface area contributed by atoms with Gasteiger partial charge in [0.25, 0.3) is 5.91 Å². The van der Waals surface area contributed by atoms with Crippen LogP contribution < -0.4 is 10.2 Å². The number of hydrogen-bond donors (Lipinski definition) is 2. The molecule has 0 saturated carbocycles. The van der Waals surface area contributed by atoms with Crippen molar-refractivity contribution in [1.29, 1.82) is 0 Å². The summed E-state index contributed by atoms with van der Waals surface area (Å²) >= 11 is 0. The van der Waals surface area contributed by atoms with Crippen molar-refractivity contribution < 1.29 is 14.4 Å². The van der Waals surface area contributed by atoms with Gasteiger partial charge in [0.15, 0.2) is 5.78 Å². The van der Waals surface area contributed by atoms with Gasteiger partial charge in [0.05, 0.1) is 0 Å². The average molecular weight is 325 g/mol. The summed E-state index contributed by atoms with van der Waals surface area (Å²) in [7, 11) is 0. The number of carbonyl (C=O) groups excluding carboxylic acids is 3. The van der Waals surface area contributed by atoms with E-state index < -0.39 is 0 Å². The fourth-order valence-electron chi connectivity index (χ4n) is 2.76. The minimum absolute atomic E-state index is 0.0896. The summed E-state index contributed by atoms with van der Waals surface area (Å²) in [5.41, 5.74) is 2.61. The number of anilines is 1. The highest BCUT2D eigenvalue weighted by atomic mass is 16.2. The van der Waals surface area contributed by atoms with Gasteiger partial charge in [-0.25, -0.2) is 0 Å². The summed E-state index contributed by atoms with van der Waals surface area (Å²) in [6, 6.07) is 9.14. The van der Waals surface area contributed by atoms with Crippen molar-refractivity contribution in [2.24, 2.45) is 0 Å². The van der Waals surface area contributed by atoms with Crippen molar-refractivity contribution in [3.05, 3.63) is 53.3 Å². The molecule has 0 aliphatic carbocycles.